The molecule has 0 saturated carbocycles. The normalized spacial score (nSPS) is 24.9. The van der Waals surface area contributed by atoms with E-state index in [0.29, 0.717) is 11.8 Å². The first kappa shape index (κ1) is 20.0. The van der Waals surface area contributed by atoms with Gasteiger partial charge in [0.1, 0.15) is 0 Å². The molecule has 4 heterocycles. The van der Waals surface area contributed by atoms with E-state index in [0.717, 1.165) is 77.4 Å². The predicted octanol–water partition coefficient (Wildman–Crippen LogP) is 2.73. The van der Waals surface area contributed by atoms with Crippen molar-refractivity contribution in [3.05, 3.63) is 69.6 Å². The van der Waals surface area contributed by atoms with E-state index < -0.39 is 0 Å². The van der Waals surface area contributed by atoms with E-state index in [2.05, 4.69) is 56.8 Å². The third-order valence-corrected chi connectivity index (χ3v) is 7.03. The molecule has 3 aliphatic heterocycles. The summed E-state index contributed by atoms with van der Waals surface area (Å²) in [6, 6.07) is 15.1. The molecule has 2 saturated heterocycles. The van der Waals surface area contributed by atoms with Gasteiger partial charge in [-0.15, -0.1) is 0 Å². The summed E-state index contributed by atoms with van der Waals surface area (Å²) >= 11 is 0. The SMILES string of the molecule is O=c1c(CN2CCCOCC2)ccc2n1C[C@H]1C[C@@H]2CN(CCc2ccccc2)C1. The summed E-state index contributed by atoms with van der Waals surface area (Å²) < 4.78 is 7.67. The van der Waals surface area contributed by atoms with E-state index in [1.807, 2.05) is 0 Å². The number of aromatic nitrogens is 1. The number of ether oxygens (including phenoxy) is 1. The largest absolute Gasteiger partial charge is 0.380 e. The molecule has 1 aromatic heterocycles. The predicted molar refractivity (Wildman–Crippen MR) is 119 cm³/mol. The van der Waals surface area contributed by atoms with E-state index in [4.69, 9.17) is 4.74 Å². The van der Waals surface area contributed by atoms with Crippen molar-refractivity contribution in [2.45, 2.75) is 38.3 Å². The van der Waals surface area contributed by atoms with Crippen LogP contribution in [0.3, 0.4) is 0 Å². The summed E-state index contributed by atoms with van der Waals surface area (Å²) in [7, 11) is 0. The summed E-state index contributed by atoms with van der Waals surface area (Å²) in [5.74, 6) is 1.08. The highest BCUT2D eigenvalue weighted by Crippen LogP contribution is 2.35. The van der Waals surface area contributed by atoms with E-state index in [1.165, 1.54) is 17.7 Å². The van der Waals surface area contributed by atoms with Gasteiger partial charge in [-0.2, -0.15) is 0 Å². The fourth-order valence-electron chi connectivity index (χ4n) is 5.52. The van der Waals surface area contributed by atoms with Crippen LogP contribution >= 0.6 is 0 Å². The number of rotatable bonds is 5. The number of benzene rings is 1. The van der Waals surface area contributed by atoms with Crippen molar-refractivity contribution in [1.82, 2.24) is 14.4 Å². The molecule has 2 fully saturated rings. The second-order valence-electron chi connectivity index (χ2n) is 9.24. The van der Waals surface area contributed by atoms with E-state index in [-0.39, 0.29) is 5.56 Å². The summed E-state index contributed by atoms with van der Waals surface area (Å²) in [6.07, 6.45) is 3.38. The van der Waals surface area contributed by atoms with Gasteiger partial charge in [0.15, 0.2) is 0 Å². The Balaban J connectivity index is 1.28. The molecule has 0 N–H and O–H groups in total. The summed E-state index contributed by atoms with van der Waals surface area (Å²) in [5.41, 5.74) is 3.85. The maximum absolute atomic E-state index is 13.3. The second kappa shape index (κ2) is 9.04. The Morgan fingerprint density at radius 1 is 0.933 bits per heavy atom. The Morgan fingerprint density at radius 2 is 1.83 bits per heavy atom. The number of hydrogen-bond acceptors (Lipinski definition) is 4. The van der Waals surface area contributed by atoms with Crippen LogP contribution in [0.15, 0.2) is 47.3 Å². The van der Waals surface area contributed by atoms with Gasteiger partial charge in [-0.25, -0.2) is 0 Å². The first-order valence-corrected chi connectivity index (χ1v) is 11.6. The second-order valence-corrected chi connectivity index (χ2v) is 9.24. The lowest BCUT2D eigenvalue weighted by atomic mass is 9.83. The van der Waals surface area contributed by atoms with Gasteiger partial charge in [0, 0.05) is 69.6 Å². The van der Waals surface area contributed by atoms with Gasteiger partial charge in [-0.05, 0) is 36.8 Å². The quantitative estimate of drug-likeness (QED) is 0.764. The van der Waals surface area contributed by atoms with Crippen LogP contribution in [0.25, 0.3) is 0 Å². The summed E-state index contributed by atoms with van der Waals surface area (Å²) in [6.45, 7) is 8.47. The minimum absolute atomic E-state index is 0.241. The van der Waals surface area contributed by atoms with Crippen molar-refractivity contribution < 1.29 is 4.74 Å². The fraction of sp³-hybridized carbons (Fsp3) is 0.560. The standard InChI is InChI=1S/C25H33N3O2/c29-25-22(18-26-10-4-13-30-14-12-26)7-8-24-23-15-21(17-28(24)25)16-27(19-23)11-9-20-5-2-1-3-6-20/h1-3,5-8,21,23H,4,9-19H2/t21-,23+/m0/s1. The number of piperidine rings is 1. The molecule has 0 aliphatic carbocycles. The van der Waals surface area contributed by atoms with E-state index >= 15 is 0 Å². The van der Waals surface area contributed by atoms with E-state index in [9.17, 15) is 4.79 Å². The lowest BCUT2D eigenvalue weighted by Gasteiger charge is -2.43. The van der Waals surface area contributed by atoms with Crippen LogP contribution in [-0.4, -0.2) is 60.3 Å². The molecule has 30 heavy (non-hydrogen) atoms. The Kier molecular flexibility index (Phi) is 6.02. The lowest BCUT2D eigenvalue weighted by Crippen LogP contribution is -2.48. The number of likely N-dealkylation sites (tertiary alicyclic amines) is 1. The zero-order chi connectivity index (χ0) is 20.3. The van der Waals surface area contributed by atoms with Crippen molar-refractivity contribution in [3.8, 4) is 0 Å². The third-order valence-electron chi connectivity index (χ3n) is 7.03. The van der Waals surface area contributed by atoms with Crippen LogP contribution in [0.1, 0.15) is 35.6 Å². The average Bonchev–Trinajstić information content (AvgIpc) is 3.04. The number of hydrogen-bond donors (Lipinski definition) is 0. The molecule has 0 unspecified atom stereocenters. The summed E-state index contributed by atoms with van der Waals surface area (Å²) in [5, 5.41) is 0. The maximum atomic E-state index is 13.3. The van der Waals surface area contributed by atoms with Crippen LogP contribution in [0, 0.1) is 5.92 Å². The highest BCUT2D eigenvalue weighted by molar-refractivity contribution is 5.22. The molecule has 3 aliphatic rings. The molecule has 0 amide bonds. The first-order chi connectivity index (χ1) is 14.8. The number of fused-ring (bicyclic) bond motifs is 4. The Labute approximate surface area is 179 Å². The smallest absolute Gasteiger partial charge is 0.255 e. The minimum atomic E-state index is 0.241. The lowest BCUT2D eigenvalue weighted by molar-refractivity contribution is 0.121. The molecular formula is C25H33N3O2. The minimum Gasteiger partial charge on any atom is -0.380 e. The third kappa shape index (κ3) is 4.39. The van der Waals surface area contributed by atoms with Crippen LogP contribution in [-0.2, 0) is 24.2 Å². The van der Waals surface area contributed by atoms with Crippen LogP contribution < -0.4 is 5.56 Å². The molecule has 0 radical (unpaired) electrons. The van der Waals surface area contributed by atoms with Crippen molar-refractivity contribution in [2.24, 2.45) is 5.92 Å². The molecule has 5 rings (SSSR count). The highest BCUT2D eigenvalue weighted by Gasteiger charge is 2.34. The Bertz CT molecular complexity index is 902. The van der Waals surface area contributed by atoms with E-state index in [1.54, 1.807) is 0 Å². The van der Waals surface area contributed by atoms with Gasteiger partial charge in [0.25, 0.3) is 5.56 Å². The van der Waals surface area contributed by atoms with Crippen molar-refractivity contribution in [3.63, 3.8) is 0 Å². The Morgan fingerprint density at radius 3 is 2.73 bits per heavy atom. The highest BCUT2D eigenvalue weighted by atomic mass is 16.5. The van der Waals surface area contributed by atoms with Crippen molar-refractivity contribution in [2.75, 3.05) is 45.9 Å². The maximum Gasteiger partial charge on any atom is 0.255 e. The van der Waals surface area contributed by atoms with Gasteiger partial charge in [0.05, 0.1) is 6.61 Å². The van der Waals surface area contributed by atoms with Gasteiger partial charge in [-0.3, -0.25) is 9.69 Å². The average molecular weight is 408 g/mol. The molecule has 2 atom stereocenters. The van der Waals surface area contributed by atoms with Crippen LogP contribution in [0.2, 0.25) is 0 Å². The van der Waals surface area contributed by atoms with Crippen molar-refractivity contribution >= 4 is 0 Å². The molecule has 160 valence electrons. The van der Waals surface area contributed by atoms with Gasteiger partial charge in [-0.1, -0.05) is 36.4 Å². The molecule has 2 aromatic rings. The van der Waals surface area contributed by atoms with Gasteiger partial charge >= 0.3 is 0 Å². The first-order valence-electron chi connectivity index (χ1n) is 11.6. The zero-order valence-corrected chi connectivity index (χ0v) is 17.8. The zero-order valence-electron chi connectivity index (χ0n) is 17.8. The molecule has 5 nitrogen and oxygen atoms in total. The van der Waals surface area contributed by atoms with Crippen LogP contribution in [0.5, 0.6) is 0 Å². The molecule has 0 spiro atoms. The van der Waals surface area contributed by atoms with Crippen LogP contribution in [0.4, 0.5) is 0 Å². The molecule has 2 bridgehead atoms. The molecular weight excluding hydrogens is 374 g/mol. The number of pyridine rings is 1. The monoisotopic (exact) mass is 407 g/mol. The Hall–Kier alpha value is -1.95. The fourth-order valence-corrected chi connectivity index (χ4v) is 5.52. The number of nitrogens with zero attached hydrogens (tertiary/aromatic N) is 3. The topological polar surface area (TPSA) is 37.7 Å². The molecule has 5 heteroatoms. The summed E-state index contributed by atoms with van der Waals surface area (Å²) in [4.78, 5) is 18.3. The molecule has 1 aromatic carbocycles. The van der Waals surface area contributed by atoms with Gasteiger partial charge < -0.3 is 14.2 Å². The van der Waals surface area contributed by atoms with Gasteiger partial charge in [0.2, 0.25) is 0 Å². The van der Waals surface area contributed by atoms with Crippen molar-refractivity contribution in [1.29, 1.82) is 0 Å².